The number of rotatable bonds is 6. The van der Waals surface area contributed by atoms with Crippen LogP contribution in [-0.4, -0.2) is 32.6 Å². The zero-order chi connectivity index (χ0) is 15.4. The smallest absolute Gasteiger partial charge is 0.156 e. The molecule has 1 aromatic rings. The fourth-order valence-corrected chi connectivity index (χ4v) is 2.85. The molecule has 1 rings (SSSR count). The third kappa shape index (κ3) is 4.21. The second-order valence-electron chi connectivity index (χ2n) is 5.85. The van der Waals surface area contributed by atoms with Gasteiger partial charge >= 0.3 is 0 Å². The van der Waals surface area contributed by atoms with Gasteiger partial charge in [-0.2, -0.15) is 0 Å². The second-order valence-corrected chi connectivity index (χ2v) is 8.71. The highest BCUT2D eigenvalue weighted by Crippen LogP contribution is 2.24. The standard InChI is InChI=1S/C15H25NO3S/c1-12(13-8-6-7-9-14(13)19-5)16-10-11-20(17,18)15(2,3)4/h6-9,12,16H,10-11H2,1-5H3/t12-/m0/s1. The van der Waals surface area contributed by atoms with Gasteiger partial charge in [-0.3, -0.25) is 0 Å². The first-order valence-electron chi connectivity index (χ1n) is 6.77. The Balaban J connectivity index is 2.63. The molecule has 0 aromatic heterocycles. The van der Waals surface area contributed by atoms with Crippen LogP contribution in [0.2, 0.25) is 0 Å². The zero-order valence-electron chi connectivity index (χ0n) is 12.9. The number of hydrogen-bond acceptors (Lipinski definition) is 4. The van der Waals surface area contributed by atoms with E-state index in [2.05, 4.69) is 5.32 Å². The number of methoxy groups -OCH3 is 1. The molecule has 20 heavy (non-hydrogen) atoms. The van der Waals surface area contributed by atoms with Gasteiger partial charge in [0.25, 0.3) is 0 Å². The van der Waals surface area contributed by atoms with Crippen LogP contribution in [0.15, 0.2) is 24.3 Å². The molecule has 0 aliphatic carbocycles. The van der Waals surface area contributed by atoms with Gasteiger partial charge in [0.05, 0.1) is 17.6 Å². The molecular weight excluding hydrogens is 274 g/mol. The monoisotopic (exact) mass is 299 g/mol. The maximum Gasteiger partial charge on any atom is 0.156 e. The van der Waals surface area contributed by atoms with E-state index in [-0.39, 0.29) is 11.8 Å². The SMILES string of the molecule is COc1ccccc1[C@H](C)NCCS(=O)(=O)C(C)(C)C. The third-order valence-electron chi connectivity index (χ3n) is 3.36. The summed E-state index contributed by atoms with van der Waals surface area (Å²) in [6.45, 7) is 7.62. The number of para-hydroxylation sites is 1. The number of ether oxygens (including phenoxy) is 1. The first kappa shape index (κ1) is 17.0. The molecule has 1 atom stereocenters. The van der Waals surface area contributed by atoms with E-state index in [1.54, 1.807) is 27.9 Å². The normalized spacial score (nSPS) is 14.1. The highest BCUT2D eigenvalue weighted by atomic mass is 32.2. The summed E-state index contributed by atoms with van der Waals surface area (Å²) < 4.78 is 28.7. The van der Waals surface area contributed by atoms with Crippen LogP contribution in [0.4, 0.5) is 0 Å². The molecule has 114 valence electrons. The van der Waals surface area contributed by atoms with Crippen LogP contribution < -0.4 is 10.1 Å². The van der Waals surface area contributed by atoms with Gasteiger partial charge < -0.3 is 10.1 Å². The molecule has 0 radical (unpaired) electrons. The Bertz CT molecular complexity index is 532. The largest absolute Gasteiger partial charge is 0.496 e. The van der Waals surface area contributed by atoms with Gasteiger partial charge in [-0.05, 0) is 33.8 Å². The van der Waals surface area contributed by atoms with Gasteiger partial charge in [0, 0.05) is 18.2 Å². The predicted octanol–water partition coefficient (Wildman–Crippen LogP) is 2.56. The van der Waals surface area contributed by atoms with Gasteiger partial charge in [-0.25, -0.2) is 8.42 Å². The van der Waals surface area contributed by atoms with Gasteiger partial charge in [0.2, 0.25) is 0 Å². The minimum Gasteiger partial charge on any atom is -0.496 e. The van der Waals surface area contributed by atoms with E-state index in [1.165, 1.54) is 0 Å². The third-order valence-corrected chi connectivity index (χ3v) is 5.97. The van der Waals surface area contributed by atoms with Crippen molar-refractivity contribution in [3.8, 4) is 5.75 Å². The quantitative estimate of drug-likeness (QED) is 0.877. The van der Waals surface area contributed by atoms with Gasteiger partial charge in [-0.1, -0.05) is 18.2 Å². The van der Waals surface area contributed by atoms with E-state index in [4.69, 9.17) is 4.74 Å². The van der Waals surface area contributed by atoms with Crippen LogP contribution in [0.1, 0.15) is 39.3 Å². The lowest BCUT2D eigenvalue weighted by molar-refractivity contribution is 0.402. The molecule has 0 aliphatic heterocycles. The zero-order valence-corrected chi connectivity index (χ0v) is 13.8. The van der Waals surface area contributed by atoms with Gasteiger partial charge in [-0.15, -0.1) is 0 Å². The van der Waals surface area contributed by atoms with Crippen LogP contribution in [0.25, 0.3) is 0 Å². The van der Waals surface area contributed by atoms with Crippen molar-refractivity contribution < 1.29 is 13.2 Å². The molecule has 4 nitrogen and oxygen atoms in total. The summed E-state index contributed by atoms with van der Waals surface area (Å²) in [7, 11) is -1.45. The maximum atomic E-state index is 12.0. The summed E-state index contributed by atoms with van der Waals surface area (Å²) >= 11 is 0. The molecule has 0 aliphatic rings. The molecule has 0 saturated heterocycles. The molecule has 0 spiro atoms. The first-order valence-corrected chi connectivity index (χ1v) is 8.43. The highest BCUT2D eigenvalue weighted by molar-refractivity contribution is 7.92. The van der Waals surface area contributed by atoms with Crippen LogP contribution >= 0.6 is 0 Å². The minimum absolute atomic E-state index is 0.0429. The average Bonchev–Trinajstić information content (AvgIpc) is 2.37. The van der Waals surface area contributed by atoms with E-state index in [0.717, 1.165) is 11.3 Å². The molecule has 0 unspecified atom stereocenters. The fraction of sp³-hybridized carbons (Fsp3) is 0.600. The molecule has 5 heteroatoms. The van der Waals surface area contributed by atoms with Crippen molar-refractivity contribution in [3.05, 3.63) is 29.8 Å². The Morgan fingerprint density at radius 3 is 2.40 bits per heavy atom. The fourth-order valence-electron chi connectivity index (χ4n) is 1.85. The predicted molar refractivity (Wildman–Crippen MR) is 83.0 cm³/mol. The van der Waals surface area contributed by atoms with Crippen LogP contribution in [0.3, 0.4) is 0 Å². The van der Waals surface area contributed by atoms with Crippen molar-refractivity contribution in [3.63, 3.8) is 0 Å². The molecule has 0 heterocycles. The van der Waals surface area contributed by atoms with Crippen LogP contribution in [0.5, 0.6) is 5.75 Å². The number of nitrogens with one attached hydrogen (secondary N) is 1. The molecule has 1 N–H and O–H groups in total. The Kier molecular flexibility index (Phi) is 5.59. The molecule has 0 fully saturated rings. The van der Waals surface area contributed by atoms with E-state index in [0.29, 0.717) is 6.54 Å². The van der Waals surface area contributed by atoms with E-state index in [1.807, 2.05) is 31.2 Å². The Labute approximate surface area is 122 Å². The highest BCUT2D eigenvalue weighted by Gasteiger charge is 2.28. The van der Waals surface area contributed by atoms with Crippen molar-refractivity contribution in [1.82, 2.24) is 5.32 Å². The summed E-state index contributed by atoms with van der Waals surface area (Å²) in [4.78, 5) is 0. The molecule has 0 saturated carbocycles. The number of benzene rings is 1. The molecular formula is C15H25NO3S. The van der Waals surface area contributed by atoms with Crippen molar-refractivity contribution >= 4 is 9.84 Å². The van der Waals surface area contributed by atoms with E-state index >= 15 is 0 Å². The average molecular weight is 299 g/mol. The molecule has 1 aromatic carbocycles. The Morgan fingerprint density at radius 1 is 1.25 bits per heavy atom. The van der Waals surface area contributed by atoms with Crippen LogP contribution in [0, 0.1) is 0 Å². The number of hydrogen-bond donors (Lipinski definition) is 1. The lowest BCUT2D eigenvalue weighted by Gasteiger charge is -2.21. The summed E-state index contributed by atoms with van der Waals surface area (Å²) in [5.41, 5.74) is 1.03. The summed E-state index contributed by atoms with van der Waals surface area (Å²) in [5, 5.41) is 3.24. The number of sulfone groups is 1. The molecule has 0 bridgehead atoms. The minimum atomic E-state index is -3.09. The first-order chi connectivity index (χ1) is 9.19. The summed E-state index contributed by atoms with van der Waals surface area (Å²) in [6.07, 6.45) is 0. The van der Waals surface area contributed by atoms with Crippen molar-refractivity contribution in [2.75, 3.05) is 19.4 Å². The lowest BCUT2D eigenvalue weighted by atomic mass is 10.1. The van der Waals surface area contributed by atoms with Crippen molar-refractivity contribution in [1.29, 1.82) is 0 Å². The second kappa shape index (κ2) is 6.59. The maximum absolute atomic E-state index is 12.0. The van der Waals surface area contributed by atoms with Crippen LogP contribution in [-0.2, 0) is 9.84 Å². The summed E-state index contributed by atoms with van der Waals surface area (Å²) in [5.74, 6) is 0.946. The van der Waals surface area contributed by atoms with Gasteiger partial charge in [0.15, 0.2) is 9.84 Å². The van der Waals surface area contributed by atoms with Crippen molar-refractivity contribution in [2.24, 2.45) is 0 Å². The summed E-state index contributed by atoms with van der Waals surface area (Å²) in [6, 6.07) is 7.79. The Hall–Kier alpha value is -1.07. The van der Waals surface area contributed by atoms with E-state index in [9.17, 15) is 8.42 Å². The Morgan fingerprint density at radius 2 is 1.85 bits per heavy atom. The molecule has 0 amide bonds. The topological polar surface area (TPSA) is 55.4 Å². The van der Waals surface area contributed by atoms with Gasteiger partial charge in [0.1, 0.15) is 5.75 Å². The van der Waals surface area contributed by atoms with Crippen molar-refractivity contribution in [2.45, 2.75) is 38.5 Å². The van der Waals surface area contributed by atoms with E-state index < -0.39 is 14.6 Å². The lowest BCUT2D eigenvalue weighted by Crippen LogP contribution is -2.35.